The molecule has 0 bridgehead atoms. The van der Waals surface area contributed by atoms with E-state index in [0.29, 0.717) is 5.54 Å². The Bertz CT molecular complexity index is 190. The van der Waals surface area contributed by atoms with Crippen LogP contribution < -0.4 is 5.32 Å². The standard InChI is InChI=1S/C12H24N2/c1-5-11(2)10-14-8-6-12(3,13-4)7-9-14/h13H,2,5-10H2,1,3-4H3. The highest BCUT2D eigenvalue weighted by Gasteiger charge is 2.27. The van der Waals surface area contributed by atoms with Crippen LogP contribution in [-0.4, -0.2) is 37.1 Å². The lowest BCUT2D eigenvalue weighted by Crippen LogP contribution is -2.50. The zero-order valence-electron chi connectivity index (χ0n) is 9.90. The molecule has 0 spiro atoms. The topological polar surface area (TPSA) is 15.3 Å². The van der Waals surface area contributed by atoms with Gasteiger partial charge in [0.1, 0.15) is 0 Å². The van der Waals surface area contributed by atoms with E-state index < -0.39 is 0 Å². The van der Waals surface area contributed by atoms with Gasteiger partial charge in [0.05, 0.1) is 0 Å². The monoisotopic (exact) mass is 196 g/mol. The number of hydrogen-bond donors (Lipinski definition) is 1. The second-order valence-corrected chi connectivity index (χ2v) is 4.69. The molecular weight excluding hydrogens is 172 g/mol. The summed E-state index contributed by atoms with van der Waals surface area (Å²) in [7, 11) is 2.07. The Labute approximate surface area is 88.4 Å². The molecular formula is C12H24N2. The van der Waals surface area contributed by atoms with E-state index in [9.17, 15) is 0 Å². The number of rotatable bonds is 4. The van der Waals surface area contributed by atoms with Gasteiger partial charge in [-0.2, -0.15) is 0 Å². The van der Waals surface area contributed by atoms with E-state index in [-0.39, 0.29) is 0 Å². The van der Waals surface area contributed by atoms with Crippen molar-refractivity contribution in [2.45, 2.75) is 38.6 Å². The molecule has 1 saturated heterocycles. The van der Waals surface area contributed by atoms with Crippen molar-refractivity contribution in [2.24, 2.45) is 0 Å². The Kier molecular flexibility index (Phi) is 4.14. The van der Waals surface area contributed by atoms with Crippen molar-refractivity contribution < 1.29 is 0 Å². The number of likely N-dealkylation sites (tertiary alicyclic amines) is 1. The summed E-state index contributed by atoms with van der Waals surface area (Å²) in [5, 5.41) is 3.42. The lowest BCUT2D eigenvalue weighted by atomic mass is 9.90. The highest BCUT2D eigenvalue weighted by Crippen LogP contribution is 2.21. The van der Waals surface area contributed by atoms with Crippen molar-refractivity contribution in [3.63, 3.8) is 0 Å². The molecule has 1 aliphatic heterocycles. The highest BCUT2D eigenvalue weighted by molar-refractivity contribution is 4.98. The molecule has 0 saturated carbocycles. The second-order valence-electron chi connectivity index (χ2n) is 4.69. The summed E-state index contributed by atoms with van der Waals surface area (Å²) in [6.07, 6.45) is 3.61. The van der Waals surface area contributed by atoms with Crippen molar-refractivity contribution in [2.75, 3.05) is 26.7 Å². The molecule has 0 aromatic carbocycles. The Balaban J connectivity index is 2.32. The quantitative estimate of drug-likeness (QED) is 0.692. The normalized spacial score (nSPS) is 22.2. The van der Waals surface area contributed by atoms with Crippen LogP contribution in [0.4, 0.5) is 0 Å². The third kappa shape index (κ3) is 3.10. The Morgan fingerprint density at radius 2 is 2.00 bits per heavy atom. The first-order chi connectivity index (χ1) is 6.59. The third-order valence-corrected chi connectivity index (χ3v) is 3.51. The maximum Gasteiger partial charge on any atom is 0.0190 e. The first kappa shape index (κ1) is 11.7. The molecule has 0 aromatic heterocycles. The van der Waals surface area contributed by atoms with Crippen LogP contribution in [0.15, 0.2) is 12.2 Å². The number of nitrogens with zero attached hydrogens (tertiary/aromatic N) is 1. The number of piperidine rings is 1. The van der Waals surface area contributed by atoms with Gasteiger partial charge in [0.15, 0.2) is 0 Å². The molecule has 0 unspecified atom stereocenters. The van der Waals surface area contributed by atoms with Gasteiger partial charge in [0.25, 0.3) is 0 Å². The van der Waals surface area contributed by atoms with Crippen molar-refractivity contribution >= 4 is 0 Å². The van der Waals surface area contributed by atoms with E-state index in [1.165, 1.54) is 31.5 Å². The average Bonchev–Trinajstić information content (AvgIpc) is 2.21. The summed E-state index contributed by atoms with van der Waals surface area (Å²) in [4.78, 5) is 2.52. The van der Waals surface area contributed by atoms with E-state index in [0.717, 1.165) is 13.0 Å². The zero-order valence-corrected chi connectivity index (χ0v) is 9.90. The van der Waals surface area contributed by atoms with Crippen molar-refractivity contribution in [3.05, 3.63) is 12.2 Å². The maximum atomic E-state index is 4.07. The van der Waals surface area contributed by atoms with E-state index in [1.54, 1.807) is 0 Å². The molecule has 1 aliphatic rings. The van der Waals surface area contributed by atoms with Gasteiger partial charge in [0.2, 0.25) is 0 Å². The largest absolute Gasteiger partial charge is 0.314 e. The summed E-state index contributed by atoms with van der Waals surface area (Å²) in [6, 6.07) is 0. The summed E-state index contributed by atoms with van der Waals surface area (Å²) in [6.45, 7) is 12.1. The average molecular weight is 196 g/mol. The first-order valence-corrected chi connectivity index (χ1v) is 5.67. The van der Waals surface area contributed by atoms with Crippen molar-refractivity contribution in [1.29, 1.82) is 0 Å². The fraction of sp³-hybridized carbons (Fsp3) is 0.833. The van der Waals surface area contributed by atoms with Crippen LogP contribution >= 0.6 is 0 Å². The maximum absolute atomic E-state index is 4.07. The predicted molar refractivity (Wildman–Crippen MR) is 62.6 cm³/mol. The lowest BCUT2D eigenvalue weighted by Gasteiger charge is -2.39. The molecule has 0 aliphatic carbocycles. The number of hydrogen-bond acceptors (Lipinski definition) is 2. The molecule has 1 heterocycles. The summed E-state index contributed by atoms with van der Waals surface area (Å²) in [5.74, 6) is 0. The van der Waals surface area contributed by atoms with Gasteiger partial charge in [0, 0.05) is 25.2 Å². The van der Waals surface area contributed by atoms with Crippen molar-refractivity contribution in [3.8, 4) is 0 Å². The van der Waals surface area contributed by atoms with Crippen LogP contribution in [0.2, 0.25) is 0 Å². The fourth-order valence-electron chi connectivity index (χ4n) is 1.88. The SMILES string of the molecule is C=C(CC)CN1CCC(C)(NC)CC1. The molecule has 1 N–H and O–H groups in total. The number of nitrogens with one attached hydrogen (secondary N) is 1. The highest BCUT2D eigenvalue weighted by atomic mass is 15.1. The van der Waals surface area contributed by atoms with Crippen LogP contribution in [0, 0.1) is 0 Å². The molecule has 14 heavy (non-hydrogen) atoms. The van der Waals surface area contributed by atoms with Crippen LogP contribution in [0.3, 0.4) is 0 Å². The molecule has 2 heteroatoms. The second kappa shape index (κ2) is 4.94. The predicted octanol–water partition coefficient (Wildman–Crippen LogP) is 2.03. The van der Waals surface area contributed by atoms with E-state index in [1.807, 2.05) is 0 Å². The van der Waals surface area contributed by atoms with Gasteiger partial charge < -0.3 is 5.32 Å². The molecule has 0 amide bonds. The molecule has 82 valence electrons. The molecule has 0 atom stereocenters. The van der Waals surface area contributed by atoms with Crippen molar-refractivity contribution in [1.82, 2.24) is 10.2 Å². The van der Waals surface area contributed by atoms with Crippen LogP contribution in [-0.2, 0) is 0 Å². The molecule has 2 nitrogen and oxygen atoms in total. The molecule has 0 aromatic rings. The summed E-state index contributed by atoms with van der Waals surface area (Å²) < 4.78 is 0. The van der Waals surface area contributed by atoms with Gasteiger partial charge in [-0.1, -0.05) is 19.1 Å². The van der Waals surface area contributed by atoms with Crippen LogP contribution in [0.1, 0.15) is 33.1 Å². The summed E-state index contributed by atoms with van der Waals surface area (Å²) >= 11 is 0. The van der Waals surface area contributed by atoms with Gasteiger partial charge in [-0.05, 0) is 33.2 Å². The Morgan fingerprint density at radius 3 is 2.43 bits per heavy atom. The van der Waals surface area contributed by atoms with E-state index in [4.69, 9.17) is 0 Å². The van der Waals surface area contributed by atoms with Crippen LogP contribution in [0.5, 0.6) is 0 Å². The summed E-state index contributed by atoms with van der Waals surface area (Å²) in [5.41, 5.74) is 1.72. The van der Waals surface area contributed by atoms with Gasteiger partial charge in [-0.15, -0.1) is 0 Å². The van der Waals surface area contributed by atoms with Crippen LogP contribution in [0.25, 0.3) is 0 Å². The van der Waals surface area contributed by atoms with Gasteiger partial charge in [-0.3, -0.25) is 4.90 Å². The fourth-order valence-corrected chi connectivity index (χ4v) is 1.88. The minimum absolute atomic E-state index is 0.365. The molecule has 1 fully saturated rings. The van der Waals surface area contributed by atoms with Gasteiger partial charge >= 0.3 is 0 Å². The van der Waals surface area contributed by atoms with E-state index in [2.05, 4.69) is 37.7 Å². The van der Waals surface area contributed by atoms with Gasteiger partial charge in [-0.25, -0.2) is 0 Å². The molecule has 1 rings (SSSR count). The Hall–Kier alpha value is -0.340. The molecule has 0 radical (unpaired) electrons. The Morgan fingerprint density at radius 1 is 1.43 bits per heavy atom. The lowest BCUT2D eigenvalue weighted by molar-refractivity contribution is 0.161. The minimum Gasteiger partial charge on any atom is -0.314 e. The minimum atomic E-state index is 0.365. The first-order valence-electron chi connectivity index (χ1n) is 5.67. The smallest absolute Gasteiger partial charge is 0.0190 e. The zero-order chi connectivity index (χ0) is 10.6. The van der Waals surface area contributed by atoms with E-state index >= 15 is 0 Å². The third-order valence-electron chi connectivity index (χ3n) is 3.51.